The van der Waals surface area contributed by atoms with Crippen LogP contribution in [0.5, 0.6) is 0 Å². The van der Waals surface area contributed by atoms with E-state index in [0.717, 1.165) is 32.2 Å². The molecule has 0 aromatic rings. The van der Waals surface area contributed by atoms with Gasteiger partial charge in [-0.1, -0.05) is 13.3 Å². The van der Waals surface area contributed by atoms with Crippen molar-refractivity contribution in [1.29, 1.82) is 0 Å². The first kappa shape index (κ1) is 16.8. The molecule has 2 aliphatic rings. The number of nitrogens with zero attached hydrogens (tertiary/aromatic N) is 1. The molecule has 0 bridgehead atoms. The van der Waals surface area contributed by atoms with Crippen LogP contribution in [0.3, 0.4) is 0 Å². The van der Waals surface area contributed by atoms with E-state index in [9.17, 15) is 4.79 Å². The summed E-state index contributed by atoms with van der Waals surface area (Å²) >= 11 is 0. The van der Waals surface area contributed by atoms with Crippen LogP contribution >= 0.6 is 0 Å². The summed E-state index contributed by atoms with van der Waals surface area (Å²) in [6.45, 7) is 5.56. The molecule has 0 aliphatic heterocycles. The van der Waals surface area contributed by atoms with E-state index < -0.39 is 5.54 Å². The first-order valence-electron chi connectivity index (χ1n) is 8.59. The van der Waals surface area contributed by atoms with Crippen molar-refractivity contribution >= 4 is 5.97 Å². The summed E-state index contributed by atoms with van der Waals surface area (Å²) < 4.78 is 5.16. The topological polar surface area (TPSA) is 41.6 Å². The molecule has 0 spiro atoms. The molecule has 0 aromatic carbocycles. The average Bonchev–Trinajstić information content (AvgIpc) is 3.21. The van der Waals surface area contributed by atoms with Crippen LogP contribution < -0.4 is 5.32 Å². The molecule has 0 aromatic heterocycles. The van der Waals surface area contributed by atoms with Crippen molar-refractivity contribution in [3.8, 4) is 0 Å². The van der Waals surface area contributed by atoms with Crippen LogP contribution in [0.1, 0.15) is 58.8 Å². The summed E-state index contributed by atoms with van der Waals surface area (Å²) in [6, 6.07) is 1.15. The van der Waals surface area contributed by atoms with Crippen molar-refractivity contribution in [1.82, 2.24) is 10.2 Å². The van der Waals surface area contributed by atoms with Gasteiger partial charge in [-0.3, -0.25) is 10.1 Å². The number of ether oxygens (including phenoxy) is 1. The molecular weight excluding hydrogens is 264 g/mol. The van der Waals surface area contributed by atoms with E-state index >= 15 is 0 Å². The Hall–Kier alpha value is -0.610. The minimum Gasteiger partial charge on any atom is -0.468 e. The zero-order valence-corrected chi connectivity index (χ0v) is 14.2. The van der Waals surface area contributed by atoms with E-state index in [1.807, 2.05) is 0 Å². The Morgan fingerprint density at radius 1 is 1.43 bits per heavy atom. The molecular formula is C17H32N2O2. The zero-order valence-electron chi connectivity index (χ0n) is 14.2. The van der Waals surface area contributed by atoms with Crippen LogP contribution in [0.2, 0.25) is 0 Å². The standard InChI is InChI=1S/C17H32N2O2/c1-5-13(2)19(3)12-10-14-7-6-11-17(14,16(20)21-4)18-15-8-9-15/h13-15,18H,5-12H2,1-4H3. The van der Waals surface area contributed by atoms with Gasteiger partial charge in [-0.05, 0) is 65.0 Å². The highest BCUT2D eigenvalue weighted by atomic mass is 16.5. The number of carbonyl (C=O) groups excluding carboxylic acids is 1. The second kappa shape index (κ2) is 7.10. The van der Waals surface area contributed by atoms with Gasteiger partial charge < -0.3 is 9.64 Å². The van der Waals surface area contributed by atoms with E-state index in [1.165, 1.54) is 26.4 Å². The van der Waals surface area contributed by atoms with Crippen LogP contribution in [0, 0.1) is 5.92 Å². The van der Waals surface area contributed by atoms with E-state index in [4.69, 9.17) is 4.74 Å². The molecule has 3 atom stereocenters. The quantitative estimate of drug-likeness (QED) is 0.699. The second-order valence-corrected chi connectivity index (χ2v) is 7.00. The fourth-order valence-electron chi connectivity index (χ4n) is 3.65. The molecule has 2 aliphatic carbocycles. The number of nitrogens with one attached hydrogen (secondary N) is 1. The highest BCUT2D eigenvalue weighted by Crippen LogP contribution is 2.41. The maximum Gasteiger partial charge on any atom is 0.326 e. The maximum atomic E-state index is 12.4. The Morgan fingerprint density at radius 3 is 2.71 bits per heavy atom. The minimum atomic E-state index is -0.411. The van der Waals surface area contributed by atoms with Gasteiger partial charge in [0.2, 0.25) is 0 Å². The van der Waals surface area contributed by atoms with Crippen LogP contribution in [0.25, 0.3) is 0 Å². The Bertz CT molecular complexity index is 357. The van der Waals surface area contributed by atoms with E-state index in [1.54, 1.807) is 0 Å². The van der Waals surface area contributed by atoms with E-state index in [-0.39, 0.29) is 5.97 Å². The predicted octanol–water partition coefficient (Wildman–Crippen LogP) is 2.57. The van der Waals surface area contributed by atoms with Gasteiger partial charge in [0, 0.05) is 12.1 Å². The van der Waals surface area contributed by atoms with Gasteiger partial charge in [-0.25, -0.2) is 0 Å². The summed E-state index contributed by atoms with van der Waals surface area (Å²) in [7, 11) is 3.72. The lowest BCUT2D eigenvalue weighted by Gasteiger charge is -2.35. The monoisotopic (exact) mass is 296 g/mol. The summed E-state index contributed by atoms with van der Waals surface area (Å²) in [4.78, 5) is 14.9. The van der Waals surface area contributed by atoms with Gasteiger partial charge in [0.05, 0.1) is 7.11 Å². The molecule has 122 valence electrons. The molecule has 2 saturated carbocycles. The van der Waals surface area contributed by atoms with Gasteiger partial charge in [-0.15, -0.1) is 0 Å². The molecule has 21 heavy (non-hydrogen) atoms. The van der Waals surface area contributed by atoms with Gasteiger partial charge in [0.1, 0.15) is 5.54 Å². The van der Waals surface area contributed by atoms with Crippen LogP contribution in [-0.2, 0) is 9.53 Å². The Balaban J connectivity index is 1.99. The molecule has 0 saturated heterocycles. The molecule has 0 radical (unpaired) electrons. The molecule has 2 fully saturated rings. The first-order chi connectivity index (χ1) is 10.0. The summed E-state index contributed by atoms with van der Waals surface area (Å²) in [5.41, 5.74) is -0.411. The van der Waals surface area contributed by atoms with E-state index in [2.05, 4.69) is 31.1 Å². The van der Waals surface area contributed by atoms with Crippen molar-refractivity contribution in [3.05, 3.63) is 0 Å². The number of carbonyl (C=O) groups is 1. The number of rotatable bonds is 8. The third-order valence-corrected chi connectivity index (χ3v) is 5.58. The maximum absolute atomic E-state index is 12.4. The Labute approximate surface area is 129 Å². The van der Waals surface area contributed by atoms with Gasteiger partial charge in [-0.2, -0.15) is 0 Å². The van der Waals surface area contributed by atoms with Crippen molar-refractivity contribution in [2.75, 3.05) is 20.7 Å². The van der Waals surface area contributed by atoms with Gasteiger partial charge in [0.25, 0.3) is 0 Å². The van der Waals surface area contributed by atoms with Crippen LogP contribution in [0.15, 0.2) is 0 Å². The van der Waals surface area contributed by atoms with Crippen LogP contribution in [0.4, 0.5) is 0 Å². The lowest BCUT2D eigenvalue weighted by Crippen LogP contribution is -2.56. The fraction of sp³-hybridized carbons (Fsp3) is 0.941. The lowest BCUT2D eigenvalue weighted by atomic mass is 9.84. The molecule has 4 nitrogen and oxygen atoms in total. The van der Waals surface area contributed by atoms with Crippen molar-refractivity contribution in [2.24, 2.45) is 5.92 Å². The molecule has 2 rings (SSSR count). The third kappa shape index (κ3) is 3.78. The molecule has 3 unspecified atom stereocenters. The smallest absolute Gasteiger partial charge is 0.326 e. The van der Waals surface area contributed by atoms with Crippen LogP contribution in [-0.4, -0.2) is 49.2 Å². The lowest BCUT2D eigenvalue weighted by molar-refractivity contribution is -0.150. The number of methoxy groups -OCH3 is 1. The normalized spacial score (nSPS) is 30.6. The average molecular weight is 296 g/mol. The summed E-state index contributed by atoms with van der Waals surface area (Å²) in [5.74, 6) is 0.375. The largest absolute Gasteiger partial charge is 0.468 e. The zero-order chi connectivity index (χ0) is 15.5. The summed E-state index contributed by atoms with van der Waals surface area (Å²) in [6.07, 6.45) is 7.87. The molecule has 0 heterocycles. The first-order valence-corrected chi connectivity index (χ1v) is 8.59. The predicted molar refractivity (Wildman–Crippen MR) is 85.2 cm³/mol. The number of esters is 1. The number of hydrogen-bond acceptors (Lipinski definition) is 4. The van der Waals surface area contributed by atoms with Crippen molar-refractivity contribution in [2.45, 2.75) is 76.4 Å². The van der Waals surface area contributed by atoms with Crippen molar-refractivity contribution in [3.63, 3.8) is 0 Å². The van der Waals surface area contributed by atoms with Gasteiger partial charge in [0.15, 0.2) is 0 Å². The number of hydrogen-bond donors (Lipinski definition) is 1. The SMILES string of the molecule is CCC(C)N(C)CCC1CCCC1(NC1CC1)C(=O)OC. The van der Waals surface area contributed by atoms with E-state index in [0.29, 0.717) is 18.0 Å². The Morgan fingerprint density at radius 2 is 2.14 bits per heavy atom. The Kier molecular flexibility index (Phi) is 5.67. The molecule has 1 N–H and O–H groups in total. The highest BCUT2D eigenvalue weighted by Gasteiger charge is 2.51. The van der Waals surface area contributed by atoms with Crippen molar-refractivity contribution < 1.29 is 9.53 Å². The fourth-order valence-corrected chi connectivity index (χ4v) is 3.65. The second-order valence-electron chi connectivity index (χ2n) is 7.00. The summed E-state index contributed by atoms with van der Waals surface area (Å²) in [5, 5.41) is 3.64. The van der Waals surface area contributed by atoms with Gasteiger partial charge >= 0.3 is 5.97 Å². The molecule has 0 amide bonds. The molecule has 4 heteroatoms. The highest BCUT2D eigenvalue weighted by molar-refractivity contribution is 5.81. The minimum absolute atomic E-state index is 0.0388. The third-order valence-electron chi connectivity index (χ3n) is 5.58.